The van der Waals surface area contributed by atoms with Gasteiger partial charge in [0.2, 0.25) is 0 Å². The highest BCUT2D eigenvalue weighted by Gasteiger charge is 2.04. The van der Waals surface area contributed by atoms with Crippen molar-refractivity contribution in [2.45, 2.75) is 13.2 Å². The van der Waals surface area contributed by atoms with Gasteiger partial charge in [0.05, 0.1) is 0 Å². The molecule has 0 amide bonds. The first-order chi connectivity index (χ1) is 14.8. The quantitative estimate of drug-likeness (QED) is 0.327. The molecule has 0 unspecified atom stereocenters. The normalized spacial score (nSPS) is 10.4. The molecule has 0 atom stereocenters. The first-order valence-electron chi connectivity index (χ1n) is 9.78. The van der Waals surface area contributed by atoms with E-state index in [0.29, 0.717) is 13.2 Å². The molecule has 0 aliphatic heterocycles. The number of hydrogen-bond donors (Lipinski definition) is 1. The number of rotatable bonds is 8. The van der Waals surface area contributed by atoms with E-state index in [1.165, 1.54) is 0 Å². The van der Waals surface area contributed by atoms with Crippen LogP contribution in [0.2, 0.25) is 5.02 Å². The summed E-state index contributed by atoms with van der Waals surface area (Å²) < 4.78 is 11.9. The second kappa shape index (κ2) is 9.86. The lowest BCUT2D eigenvalue weighted by Gasteiger charge is -2.13. The molecule has 0 radical (unpaired) electrons. The summed E-state index contributed by atoms with van der Waals surface area (Å²) >= 11 is 5.95. The van der Waals surface area contributed by atoms with Crippen molar-refractivity contribution in [1.29, 1.82) is 0 Å². The summed E-state index contributed by atoms with van der Waals surface area (Å²) in [6.45, 7) is 1.16. The Morgan fingerprint density at radius 2 is 1.33 bits per heavy atom. The minimum atomic E-state index is 0.500. The Labute approximate surface area is 181 Å². The first-order valence-corrected chi connectivity index (χ1v) is 10.2. The van der Waals surface area contributed by atoms with E-state index in [-0.39, 0.29) is 0 Å². The summed E-state index contributed by atoms with van der Waals surface area (Å²) in [5.74, 6) is 2.49. The van der Waals surface area contributed by atoms with Gasteiger partial charge in [-0.25, -0.2) is 0 Å². The van der Waals surface area contributed by atoms with Gasteiger partial charge in [-0.3, -0.25) is 0 Å². The molecular weight excluding hydrogens is 394 g/mol. The number of anilines is 1. The van der Waals surface area contributed by atoms with Crippen LogP contribution >= 0.6 is 11.6 Å². The number of para-hydroxylation sites is 2. The van der Waals surface area contributed by atoms with Gasteiger partial charge in [0.15, 0.2) is 0 Å². The summed E-state index contributed by atoms with van der Waals surface area (Å²) in [4.78, 5) is 0. The average molecular weight is 416 g/mol. The Morgan fingerprint density at radius 1 is 0.667 bits per heavy atom. The van der Waals surface area contributed by atoms with Gasteiger partial charge < -0.3 is 14.8 Å². The van der Waals surface area contributed by atoms with E-state index in [4.69, 9.17) is 21.1 Å². The Balaban J connectivity index is 1.35. The van der Waals surface area contributed by atoms with Crippen LogP contribution < -0.4 is 14.8 Å². The lowest BCUT2D eigenvalue weighted by Crippen LogP contribution is -2.03. The third-order valence-electron chi connectivity index (χ3n) is 4.60. The molecule has 3 nitrogen and oxygen atoms in total. The Kier molecular flexibility index (Phi) is 6.53. The summed E-state index contributed by atoms with van der Waals surface area (Å²) in [5.41, 5.74) is 3.19. The van der Waals surface area contributed by atoms with Gasteiger partial charge >= 0.3 is 0 Å². The van der Waals surface area contributed by atoms with E-state index in [1.54, 1.807) is 0 Å². The van der Waals surface area contributed by atoms with E-state index < -0.39 is 0 Å². The molecule has 0 fully saturated rings. The molecule has 30 heavy (non-hydrogen) atoms. The number of nitrogens with one attached hydrogen (secondary N) is 1. The topological polar surface area (TPSA) is 30.5 Å². The van der Waals surface area contributed by atoms with Crippen molar-refractivity contribution in [3.05, 3.63) is 119 Å². The molecule has 1 N–H and O–H groups in total. The van der Waals surface area contributed by atoms with Crippen LogP contribution in [0, 0.1) is 0 Å². The maximum atomic E-state index is 6.03. The SMILES string of the molecule is Clc1ccc(COc2ccccc2CNc2ccc(Oc3ccccc3)cc2)cc1. The Hall–Kier alpha value is -3.43. The molecule has 4 heteroatoms. The number of hydrogen-bond acceptors (Lipinski definition) is 3. The molecule has 4 aromatic rings. The zero-order valence-corrected chi connectivity index (χ0v) is 17.2. The summed E-state index contributed by atoms with van der Waals surface area (Å²) in [7, 11) is 0. The zero-order chi connectivity index (χ0) is 20.6. The smallest absolute Gasteiger partial charge is 0.127 e. The molecule has 0 aromatic heterocycles. The van der Waals surface area contributed by atoms with Crippen molar-refractivity contribution >= 4 is 17.3 Å². The van der Waals surface area contributed by atoms with Gasteiger partial charge in [-0.15, -0.1) is 0 Å². The standard InChI is InChI=1S/C26H22ClNO2/c27-22-12-10-20(11-13-22)19-29-26-9-5-4-6-21(26)18-28-23-14-16-25(17-15-23)30-24-7-2-1-3-8-24/h1-17,28H,18-19H2. The van der Waals surface area contributed by atoms with Crippen LogP contribution in [0.4, 0.5) is 5.69 Å². The maximum absolute atomic E-state index is 6.03. The third-order valence-corrected chi connectivity index (χ3v) is 4.85. The molecule has 0 saturated heterocycles. The van der Waals surface area contributed by atoms with Crippen LogP contribution in [0.15, 0.2) is 103 Å². The fourth-order valence-corrected chi connectivity index (χ4v) is 3.12. The highest BCUT2D eigenvalue weighted by atomic mass is 35.5. The van der Waals surface area contributed by atoms with Crippen molar-refractivity contribution in [2.75, 3.05) is 5.32 Å². The summed E-state index contributed by atoms with van der Waals surface area (Å²) in [5, 5.41) is 4.17. The van der Waals surface area contributed by atoms with E-state index in [0.717, 1.165) is 39.1 Å². The predicted octanol–water partition coefficient (Wildman–Crippen LogP) is 7.32. The third kappa shape index (κ3) is 5.56. The van der Waals surface area contributed by atoms with Gasteiger partial charge in [-0.2, -0.15) is 0 Å². The molecule has 0 saturated carbocycles. The van der Waals surface area contributed by atoms with Crippen molar-refractivity contribution in [1.82, 2.24) is 0 Å². The minimum Gasteiger partial charge on any atom is -0.489 e. The van der Waals surface area contributed by atoms with Gasteiger partial charge in [-0.05, 0) is 60.2 Å². The second-order valence-corrected chi connectivity index (χ2v) is 7.25. The predicted molar refractivity (Wildman–Crippen MR) is 123 cm³/mol. The molecule has 4 aromatic carbocycles. The van der Waals surface area contributed by atoms with Gasteiger partial charge in [0.1, 0.15) is 23.9 Å². The Bertz CT molecular complexity index is 1060. The summed E-state index contributed by atoms with van der Waals surface area (Å²) in [6.07, 6.45) is 0. The number of halogens is 1. The maximum Gasteiger partial charge on any atom is 0.127 e. The van der Waals surface area contributed by atoms with Crippen molar-refractivity contribution < 1.29 is 9.47 Å². The van der Waals surface area contributed by atoms with Crippen molar-refractivity contribution in [3.8, 4) is 17.2 Å². The van der Waals surface area contributed by atoms with Crippen LogP contribution in [0.5, 0.6) is 17.2 Å². The fourth-order valence-electron chi connectivity index (χ4n) is 3.00. The molecule has 0 spiro atoms. The highest BCUT2D eigenvalue weighted by Crippen LogP contribution is 2.24. The first kappa shape index (κ1) is 19.9. The molecule has 0 aliphatic carbocycles. The zero-order valence-electron chi connectivity index (χ0n) is 16.4. The highest BCUT2D eigenvalue weighted by molar-refractivity contribution is 6.30. The van der Waals surface area contributed by atoms with Crippen LogP contribution in [-0.4, -0.2) is 0 Å². The summed E-state index contributed by atoms with van der Waals surface area (Å²) in [6, 6.07) is 33.4. The van der Waals surface area contributed by atoms with Gasteiger partial charge in [0, 0.05) is 22.8 Å². The van der Waals surface area contributed by atoms with E-state index in [2.05, 4.69) is 11.4 Å². The number of benzene rings is 4. The minimum absolute atomic E-state index is 0.500. The largest absolute Gasteiger partial charge is 0.489 e. The molecule has 0 aliphatic rings. The molecule has 0 bridgehead atoms. The molecule has 0 heterocycles. The average Bonchev–Trinajstić information content (AvgIpc) is 2.79. The van der Waals surface area contributed by atoms with Gasteiger partial charge in [-0.1, -0.05) is 60.1 Å². The second-order valence-electron chi connectivity index (χ2n) is 6.82. The lowest BCUT2D eigenvalue weighted by molar-refractivity contribution is 0.303. The Morgan fingerprint density at radius 3 is 2.10 bits per heavy atom. The van der Waals surface area contributed by atoms with E-state index >= 15 is 0 Å². The van der Waals surface area contributed by atoms with Crippen LogP contribution in [0.25, 0.3) is 0 Å². The number of ether oxygens (including phenoxy) is 2. The van der Waals surface area contributed by atoms with Crippen LogP contribution in [0.1, 0.15) is 11.1 Å². The fraction of sp³-hybridized carbons (Fsp3) is 0.0769. The van der Waals surface area contributed by atoms with Crippen LogP contribution in [0.3, 0.4) is 0 Å². The lowest BCUT2D eigenvalue weighted by atomic mass is 10.2. The molecular formula is C26H22ClNO2. The van der Waals surface area contributed by atoms with Gasteiger partial charge in [0.25, 0.3) is 0 Å². The molecule has 150 valence electrons. The van der Waals surface area contributed by atoms with E-state index in [9.17, 15) is 0 Å². The van der Waals surface area contributed by atoms with Crippen molar-refractivity contribution in [2.24, 2.45) is 0 Å². The molecule has 4 rings (SSSR count). The van der Waals surface area contributed by atoms with E-state index in [1.807, 2.05) is 97.1 Å². The monoisotopic (exact) mass is 415 g/mol. The van der Waals surface area contributed by atoms with Crippen molar-refractivity contribution in [3.63, 3.8) is 0 Å². The van der Waals surface area contributed by atoms with Crippen LogP contribution in [-0.2, 0) is 13.2 Å².